The number of thiazole rings is 1. The third-order valence-corrected chi connectivity index (χ3v) is 5.28. The molecule has 11 heteroatoms. The summed E-state index contributed by atoms with van der Waals surface area (Å²) in [4.78, 5) is 23.7. The van der Waals surface area contributed by atoms with Gasteiger partial charge in [-0.1, -0.05) is 11.3 Å². The fourth-order valence-corrected chi connectivity index (χ4v) is 3.87. The average molecular weight is 402 g/mol. The highest BCUT2D eigenvalue weighted by Gasteiger charge is 2.25. The fourth-order valence-electron chi connectivity index (χ4n) is 2.98. The van der Waals surface area contributed by atoms with E-state index in [0.717, 1.165) is 28.8 Å². The molecule has 1 aliphatic rings. The average Bonchev–Trinajstić information content (AvgIpc) is 3.34. The van der Waals surface area contributed by atoms with Gasteiger partial charge in [0.05, 0.1) is 28.4 Å². The zero-order valence-electron chi connectivity index (χ0n) is 15.0. The quantitative estimate of drug-likeness (QED) is 0.452. The van der Waals surface area contributed by atoms with E-state index in [-0.39, 0.29) is 23.4 Å². The number of hydrogen-bond acceptors (Lipinski definition) is 10. The summed E-state index contributed by atoms with van der Waals surface area (Å²) < 4.78 is 11.7. The number of benzene rings is 1. The molecule has 0 amide bonds. The van der Waals surface area contributed by atoms with E-state index in [1.807, 2.05) is 18.2 Å². The smallest absolute Gasteiger partial charge is 0.353 e. The van der Waals surface area contributed by atoms with Crippen molar-refractivity contribution in [3.63, 3.8) is 0 Å². The third kappa shape index (κ3) is 3.80. The number of aromatic nitrogens is 3. The van der Waals surface area contributed by atoms with Crippen LogP contribution >= 0.6 is 11.3 Å². The molecule has 0 radical (unpaired) electrons. The van der Waals surface area contributed by atoms with Crippen molar-refractivity contribution in [1.29, 1.82) is 0 Å². The minimum absolute atomic E-state index is 0.0326. The van der Waals surface area contributed by atoms with Crippen LogP contribution < -0.4 is 15.4 Å². The van der Waals surface area contributed by atoms with Gasteiger partial charge in [-0.2, -0.15) is 0 Å². The summed E-state index contributed by atoms with van der Waals surface area (Å²) in [6, 6.07) is 5.51. The van der Waals surface area contributed by atoms with E-state index >= 15 is 0 Å². The molecule has 10 nitrogen and oxygen atoms in total. The molecule has 0 bridgehead atoms. The Morgan fingerprint density at radius 2 is 2.25 bits per heavy atom. The van der Waals surface area contributed by atoms with Gasteiger partial charge in [-0.25, -0.2) is 15.0 Å². The number of methoxy groups -OCH3 is 1. The molecule has 146 valence electrons. The van der Waals surface area contributed by atoms with Crippen molar-refractivity contribution in [2.24, 2.45) is 0 Å². The van der Waals surface area contributed by atoms with Crippen LogP contribution in [0.3, 0.4) is 0 Å². The maximum atomic E-state index is 11.7. The zero-order chi connectivity index (χ0) is 19.5. The van der Waals surface area contributed by atoms with Crippen LogP contribution in [0.25, 0.3) is 10.2 Å². The molecule has 1 atom stereocenters. The van der Waals surface area contributed by atoms with Crippen LogP contribution in [-0.2, 0) is 4.74 Å². The number of fused-ring (bicyclic) bond motifs is 1. The molecule has 3 aromatic rings. The summed E-state index contributed by atoms with van der Waals surface area (Å²) in [6.07, 6.45) is 3.23. The molecule has 1 unspecified atom stereocenters. The van der Waals surface area contributed by atoms with Gasteiger partial charge in [0.1, 0.15) is 12.1 Å². The first-order valence-electron chi connectivity index (χ1n) is 8.70. The van der Waals surface area contributed by atoms with Crippen LogP contribution in [-0.4, -0.2) is 46.2 Å². The Kier molecular flexibility index (Phi) is 5.17. The predicted molar refractivity (Wildman–Crippen MR) is 106 cm³/mol. The number of ether oxygens (including phenoxy) is 2. The van der Waals surface area contributed by atoms with Gasteiger partial charge >= 0.3 is 5.69 Å². The lowest BCUT2D eigenvalue weighted by Crippen LogP contribution is -2.20. The van der Waals surface area contributed by atoms with Gasteiger partial charge in [-0.3, -0.25) is 10.1 Å². The van der Waals surface area contributed by atoms with Crippen molar-refractivity contribution in [3.8, 4) is 5.75 Å². The first-order valence-corrected chi connectivity index (χ1v) is 9.52. The summed E-state index contributed by atoms with van der Waals surface area (Å²) in [5, 5.41) is 18.1. The van der Waals surface area contributed by atoms with E-state index in [4.69, 9.17) is 9.47 Å². The first-order chi connectivity index (χ1) is 13.6. The van der Waals surface area contributed by atoms with Crippen LogP contribution in [0.15, 0.2) is 24.5 Å². The molecule has 2 N–H and O–H groups in total. The van der Waals surface area contributed by atoms with E-state index in [0.29, 0.717) is 18.3 Å². The molecule has 0 saturated carbocycles. The minimum Gasteiger partial charge on any atom is -0.497 e. The van der Waals surface area contributed by atoms with Gasteiger partial charge in [0.2, 0.25) is 11.6 Å². The Labute approximate surface area is 164 Å². The minimum atomic E-state index is -0.503. The standard InChI is InChI=1S/C17H18N6O4S/c1-26-10-4-5-12-13(7-10)28-17(21-12)22-16-14(23(24)25)15(19-9-20-16)18-8-11-3-2-6-27-11/h4-5,7,9,11H,2-3,6,8H2,1H3,(H2,18,19,20,21,22). The van der Waals surface area contributed by atoms with E-state index in [1.165, 1.54) is 17.7 Å². The van der Waals surface area contributed by atoms with Gasteiger partial charge in [-0.15, -0.1) is 0 Å². The van der Waals surface area contributed by atoms with Crippen molar-refractivity contribution in [3.05, 3.63) is 34.6 Å². The SMILES string of the molecule is COc1ccc2nc(Nc3ncnc(NCC4CCCO4)c3[N+](=O)[O-])sc2c1. The van der Waals surface area contributed by atoms with Crippen LogP contribution in [0, 0.1) is 10.1 Å². The third-order valence-electron chi connectivity index (χ3n) is 4.35. The fraction of sp³-hybridized carbons (Fsp3) is 0.353. The van der Waals surface area contributed by atoms with Crippen molar-refractivity contribution in [1.82, 2.24) is 15.0 Å². The second-order valence-electron chi connectivity index (χ2n) is 6.17. The second-order valence-corrected chi connectivity index (χ2v) is 7.20. The second kappa shape index (κ2) is 7.90. The summed E-state index contributed by atoms with van der Waals surface area (Å²) in [5.41, 5.74) is 0.541. The van der Waals surface area contributed by atoms with Crippen molar-refractivity contribution >= 4 is 44.0 Å². The number of nitrogens with one attached hydrogen (secondary N) is 2. The Morgan fingerprint density at radius 1 is 1.39 bits per heavy atom. The molecule has 3 heterocycles. The van der Waals surface area contributed by atoms with Gasteiger partial charge in [0, 0.05) is 13.2 Å². The van der Waals surface area contributed by atoms with E-state index in [1.54, 1.807) is 7.11 Å². The number of nitrogens with zero attached hydrogens (tertiary/aromatic N) is 4. The predicted octanol–water partition coefficient (Wildman–Crippen LogP) is 3.34. The molecular formula is C17H18N6O4S. The molecular weight excluding hydrogens is 384 g/mol. The van der Waals surface area contributed by atoms with E-state index in [2.05, 4.69) is 25.6 Å². The zero-order valence-corrected chi connectivity index (χ0v) is 15.9. The Morgan fingerprint density at radius 3 is 3.00 bits per heavy atom. The highest BCUT2D eigenvalue weighted by atomic mass is 32.1. The van der Waals surface area contributed by atoms with Gasteiger partial charge < -0.3 is 20.1 Å². The van der Waals surface area contributed by atoms with Crippen LogP contribution in [0.1, 0.15) is 12.8 Å². The summed E-state index contributed by atoms with van der Waals surface area (Å²) in [7, 11) is 1.59. The number of anilines is 3. The largest absolute Gasteiger partial charge is 0.497 e. The van der Waals surface area contributed by atoms with E-state index in [9.17, 15) is 10.1 Å². The summed E-state index contributed by atoms with van der Waals surface area (Å²) >= 11 is 1.36. The lowest BCUT2D eigenvalue weighted by molar-refractivity contribution is -0.383. The highest BCUT2D eigenvalue weighted by molar-refractivity contribution is 7.22. The van der Waals surface area contributed by atoms with E-state index < -0.39 is 4.92 Å². The molecule has 0 spiro atoms. The maximum absolute atomic E-state index is 11.7. The number of rotatable bonds is 7. The number of hydrogen-bond donors (Lipinski definition) is 2. The lowest BCUT2D eigenvalue weighted by atomic mass is 10.2. The molecule has 0 aliphatic carbocycles. The summed E-state index contributed by atoms with van der Waals surface area (Å²) in [5.74, 6) is 0.956. The van der Waals surface area contributed by atoms with Crippen molar-refractivity contribution < 1.29 is 14.4 Å². The van der Waals surface area contributed by atoms with Gasteiger partial charge in [0.15, 0.2) is 5.13 Å². The van der Waals surface area contributed by atoms with Crippen LogP contribution in [0.5, 0.6) is 5.75 Å². The van der Waals surface area contributed by atoms with Gasteiger partial charge in [-0.05, 0) is 31.0 Å². The molecule has 2 aromatic heterocycles. The Balaban J connectivity index is 1.59. The highest BCUT2D eigenvalue weighted by Crippen LogP contribution is 2.35. The lowest BCUT2D eigenvalue weighted by Gasteiger charge is -2.12. The molecule has 1 saturated heterocycles. The Hall–Kier alpha value is -3.05. The summed E-state index contributed by atoms with van der Waals surface area (Å²) in [6.45, 7) is 1.17. The molecule has 1 aliphatic heterocycles. The van der Waals surface area contributed by atoms with Gasteiger partial charge in [0.25, 0.3) is 0 Å². The van der Waals surface area contributed by atoms with Crippen molar-refractivity contribution in [2.45, 2.75) is 18.9 Å². The van der Waals surface area contributed by atoms with Crippen LogP contribution in [0.4, 0.5) is 22.5 Å². The topological polar surface area (TPSA) is 124 Å². The normalized spacial score (nSPS) is 16.2. The Bertz CT molecular complexity index is 1000. The monoisotopic (exact) mass is 402 g/mol. The number of nitro groups is 1. The molecule has 28 heavy (non-hydrogen) atoms. The molecule has 1 aromatic carbocycles. The first kappa shape index (κ1) is 18.3. The molecule has 4 rings (SSSR count). The van der Waals surface area contributed by atoms with Crippen molar-refractivity contribution in [2.75, 3.05) is 30.9 Å². The van der Waals surface area contributed by atoms with Crippen LogP contribution in [0.2, 0.25) is 0 Å². The maximum Gasteiger partial charge on any atom is 0.353 e. The molecule has 1 fully saturated rings.